The Bertz CT molecular complexity index is 708. The molecule has 0 saturated carbocycles. The van der Waals surface area contributed by atoms with Crippen LogP contribution in [0.4, 0.5) is 10.1 Å². The van der Waals surface area contributed by atoms with Crippen molar-refractivity contribution in [2.75, 3.05) is 38.1 Å². The number of aliphatic imine (C=N–C) groups is 1. The summed E-state index contributed by atoms with van der Waals surface area (Å²) in [6, 6.07) is 6.88. The molecule has 0 radical (unpaired) electrons. The summed E-state index contributed by atoms with van der Waals surface area (Å²) >= 11 is 0. The molecule has 7 nitrogen and oxygen atoms in total. The summed E-state index contributed by atoms with van der Waals surface area (Å²) in [7, 11) is 1.74. The fourth-order valence-electron chi connectivity index (χ4n) is 2.77. The fourth-order valence-corrected chi connectivity index (χ4v) is 2.77. The third-order valence-corrected chi connectivity index (χ3v) is 3.96. The van der Waals surface area contributed by atoms with E-state index in [9.17, 15) is 4.39 Å². The van der Waals surface area contributed by atoms with Gasteiger partial charge in [-0.25, -0.2) is 4.39 Å². The predicted octanol–water partition coefficient (Wildman–Crippen LogP) is 1.41. The summed E-state index contributed by atoms with van der Waals surface area (Å²) in [5, 5.41) is 7.09. The number of benzene rings is 1. The summed E-state index contributed by atoms with van der Waals surface area (Å²) in [4.78, 5) is 12.7. The molecule has 1 aliphatic rings. The van der Waals surface area contributed by atoms with Crippen LogP contribution in [0.3, 0.4) is 0 Å². The Hall–Kier alpha value is -2.64. The maximum Gasteiger partial charge on any atom is 0.223 e. The Balaban J connectivity index is 1.55. The number of guanidine groups is 1. The van der Waals surface area contributed by atoms with Crippen LogP contribution < -0.4 is 10.2 Å². The molecule has 128 valence electrons. The van der Waals surface area contributed by atoms with E-state index in [0.717, 1.165) is 32.1 Å². The molecule has 0 atom stereocenters. The fraction of sp³-hybridized carbons (Fsp3) is 0.438. The van der Waals surface area contributed by atoms with Crippen LogP contribution in [0.25, 0.3) is 0 Å². The minimum Gasteiger partial charge on any atom is -0.366 e. The number of nitrogens with zero attached hydrogens (tertiary/aromatic N) is 5. The van der Waals surface area contributed by atoms with Crippen molar-refractivity contribution in [2.24, 2.45) is 4.99 Å². The molecule has 0 amide bonds. The molecule has 0 spiro atoms. The SMILES string of the molecule is CN=C(NCc1noc(C)n1)N1CCN(c2ccccc2F)CC1. The zero-order valence-corrected chi connectivity index (χ0v) is 13.9. The molecule has 2 aromatic rings. The van der Waals surface area contributed by atoms with Crippen LogP contribution in [0.5, 0.6) is 0 Å². The third kappa shape index (κ3) is 3.64. The van der Waals surface area contributed by atoms with Crippen molar-refractivity contribution in [3.05, 3.63) is 41.8 Å². The number of anilines is 1. The van der Waals surface area contributed by atoms with Crippen molar-refractivity contribution in [3.63, 3.8) is 0 Å². The van der Waals surface area contributed by atoms with Crippen molar-refractivity contribution in [3.8, 4) is 0 Å². The van der Waals surface area contributed by atoms with Crippen molar-refractivity contribution in [1.29, 1.82) is 0 Å². The van der Waals surface area contributed by atoms with Crippen LogP contribution in [0.2, 0.25) is 0 Å². The standard InChI is InChI=1S/C16H21FN6O/c1-12-20-15(21-24-12)11-19-16(18-2)23-9-7-22(8-10-23)14-6-4-3-5-13(14)17/h3-6H,7-11H2,1-2H3,(H,18,19). The lowest BCUT2D eigenvalue weighted by Crippen LogP contribution is -2.52. The van der Waals surface area contributed by atoms with Gasteiger partial charge in [0.25, 0.3) is 0 Å². The van der Waals surface area contributed by atoms with Gasteiger partial charge in [0.1, 0.15) is 5.82 Å². The number of halogens is 1. The monoisotopic (exact) mass is 332 g/mol. The molecule has 1 fully saturated rings. The first-order chi connectivity index (χ1) is 11.7. The highest BCUT2D eigenvalue weighted by Gasteiger charge is 2.21. The summed E-state index contributed by atoms with van der Waals surface area (Å²) in [5.41, 5.74) is 0.655. The van der Waals surface area contributed by atoms with E-state index >= 15 is 0 Å². The Morgan fingerprint density at radius 3 is 2.67 bits per heavy atom. The average molecular weight is 332 g/mol. The minimum atomic E-state index is -0.180. The first kappa shape index (κ1) is 16.2. The van der Waals surface area contributed by atoms with Gasteiger partial charge in [-0.3, -0.25) is 4.99 Å². The lowest BCUT2D eigenvalue weighted by atomic mass is 10.2. The molecule has 24 heavy (non-hydrogen) atoms. The molecular formula is C16H21FN6O. The number of piperazine rings is 1. The quantitative estimate of drug-likeness (QED) is 0.677. The molecule has 3 rings (SSSR count). The number of aryl methyl sites for hydroxylation is 1. The number of aromatic nitrogens is 2. The minimum absolute atomic E-state index is 0.180. The number of para-hydroxylation sites is 1. The number of hydrogen-bond acceptors (Lipinski definition) is 5. The van der Waals surface area contributed by atoms with Crippen LogP contribution in [0, 0.1) is 12.7 Å². The van der Waals surface area contributed by atoms with Gasteiger partial charge in [0.05, 0.1) is 12.2 Å². The van der Waals surface area contributed by atoms with Crippen LogP contribution in [0.15, 0.2) is 33.8 Å². The summed E-state index contributed by atoms with van der Waals surface area (Å²) in [5.74, 6) is 1.74. The predicted molar refractivity (Wildman–Crippen MR) is 89.4 cm³/mol. The highest BCUT2D eigenvalue weighted by atomic mass is 19.1. The highest BCUT2D eigenvalue weighted by Crippen LogP contribution is 2.20. The second-order valence-electron chi connectivity index (χ2n) is 5.56. The second kappa shape index (κ2) is 7.29. The Labute approximate surface area is 140 Å². The summed E-state index contributed by atoms with van der Waals surface area (Å²) in [6.07, 6.45) is 0. The van der Waals surface area contributed by atoms with Crippen molar-refractivity contribution >= 4 is 11.6 Å². The molecular weight excluding hydrogens is 311 g/mol. The van der Waals surface area contributed by atoms with Gasteiger partial charge in [-0.1, -0.05) is 17.3 Å². The maximum absolute atomic E-state index is 13.9. The zero-order valence-electron chi connectivity index (χ0n) is 13.9. The molecule has 0 unspecified atom stereocenters. The Morgan fingerprint density at radius 2 is 2.04 bits per heavy atom. The van der Waals surface area contributed by atoms with E-state index in [4.69, 9.17) is 4.52 Å². The first-order valence-electron chi connectivity index (χ1n) is 7.91. The molecule has 1 aromatic carbocycles. The average Bonchev–Trinajstić information content (AvgIpc) is 3.02. The summed E-state index contributed by atoms with van der Waals surface area (Å²) in [6.45, 7) is 5.22. The first-order valence-corrected chi connectivity index (χ1v) is 7.91. The molecule has 1 saturated heterocycles. The van der Waals surface area contributed by atoms with E-state index in [1.54, 1.807) is 20.0 Å². The van der Waals surface area contributed by atoms with Crippen molar-refractivity contribution in [2.45, 2.75) is 13.5 Å². The van der Waals surface area contributed by atoms with Gasteiger partial charge in [0.15, 0.2) is 11.8 Å². The Morgan fingerprint density at radius 1 is 1.29 bits per heavy atom. The normalized spacial score (nSPS) is 15.7. The summed E-state index contributed by atoms with van der Waals surface area (Å²) < 4.78 is 18.8. The van der Waals surface area contributed by atoms with Crippen molar-refractivity contribution in [1.82, 2.24) is 20.4 Å². The van der Waals surface area contributed by atoms with Gasteiger partial charge in [-0.05, 0) is 12.1 Å². The molecule has 8 heteroatoms. The van der Waals surface area contributed by atoms with Crippen LogP contribution in [-0.4, -0.2) is 54.2 Å². The number of nitrogens with one attached hydrogen (secondary N) is 1. The smallest absolute Gasteiger partial charge is 0.223 e. The largest absolute Gasteiger partial charge is 0.366 e. The van der Waals surface area contributed by atoms with Gasteiger partial charge in [0.2, 0.25) is 5.89 Å². The van der Waals surface area contributed by atoms with Gasteiger partial charge in [-0.15, -0.1) is 0 Å². The van der Waals surface area contributed by atoms with E-state index in [2.05, 4.69) is 30.2 Å². The highest BCUT2D eigenvalue weighted by molar-refractivity contribution is 5.80. The maximum atomic E-state index is 13.9. The van der Waals surface area contributed by atoms with Gasteiger partial charge < -0.3 is 19.6 Å². The van der Waals surface area contributed by atoms with Crippen LogP contribution >= 0.6 is 0 Å². The van der Waals surface area contributed by atoms with E-state index in [-0.39, 0.29) is 5.82 Å². The van der Waals surface area contributed by atoms with E-state index in [0.29, 0.717) is 23.9 Å². The molecule has 1 aromatic heterocycles. The molecule has 1 aliphatic heterocycles. The zero-order chi connectivity index (χ0) is 16.9. The number of rotatable bonds is 3. The molecule has 1 N–H and O–H groups in total. The third-order valence-electron chi connectivity index (χ3n) is 3.96. The Kier molecular flexibility index (Phi) is 4.93. The lowest BCUT2D eigenvalue weighted by Gasteiger charge is -2.37. The van der Waals surface area contributed by atoms with E-state index < -0.39 is 0 Å². The van der Waals surface area contributed by atoms with Gasteiger partial charge in [0, 0.05) is 40.2 Å². The topological polar surface area (TPSA) is 69.8 Å². The van der Waals surface area contributed by atoms with Crippen LogP contribution in [-0.2, 0) is 6.54 Å². The van der Waals surface area contributed by atoms with E-state index in [1.165, 1.54) is 6.07 Å². The molecule has 0 bridgehead atoms. The van der Waals surface area contributed by atoms with Gasteiger partial charge >= 0.3 is 0 Å². The molecule has 2 heterocycles. The van der Waals surface area contributed by atoms with E-state index in [1.807, 2.05) is 12.1 Å². The molecule has 0 aliphatic carbocycles. The van der Waals surface area contributed by atoms with Crippen LogP contribution in [0.1, 0.15) is 11.7 Å². The number of hydrogen-bond donors (Lipinski definition) is 1. The lowest BCUT2D eigenvalue weighted by molar-refractivity contribution is 0.367. The van der Waals surface area contributed by atoms with Crippen molar-refractivity contribution < 1.29 is 8.91 Å². The van der Waals surface area contributed by atoms with Gasteiger partial charge in [-0.2, -0.15) is 4.98 Å². The second-order valence-corrected chi connectivity index (χ2v) is 5.56.